The van der Waals surface area contributed by atoms with Crippen LogP contribution in [0.25, 0.3) is 0 Å². The molecule has 0 aliphatic carbocycles. The molecule has 2 amide bonds. The Hall–Kier alpha value is -2.10. The van der Waals surface area contributed by atoms with Gasteiger partial charge >= 0.3 is 6.18 Å². The van der Waals surface area contributed by atoms with Gasteiger partial charge in [0, 0.05) is 13.0 Å². The van der Waals surface area contributed by atoms with E-state index in [1.54, 1.807) is 0 Å². The van der Waals surface area contributed by atoms with Crippen molar-refractivity contribution in [3.63, 3.8) is 0 Å². The number of rotatable bonds is 3. The van der Waals surface area contributed by atoms with Crippen LogP contribution in [0.5, 0.6) is 0 Å². The maximum absolute atomic E-state index is 12.9. The number of halogens is 3. The van der Waals surface area contributed by atoms with Gasteiger partial charge in [0.05, 0.1) is 24.4 Å². The van der Waals surface area contributed by atoms with Gasteiger partial charge in [-0.1, -0.05) is 0 Å². The molecule has 2 aliphatic heterocycles. The van der Waals surface area contributed by atoms with Crippen molar-refractivity contribution >= 4 is 11.8 Å². The standard InChI is InChI=1S/C14H17F3N4O3/c15-14(16,17)7-6-18-21-11(7)13(23)19-8-3-4-10(22)20-12(8)9-2-1-5-24-9/h6,8-9,12H,1-5H2,(H,18,21)(H,19,23)(H,20,22)/t8-,9?,12-/m0/s1. The second kappa shape index (κ2) is 6.42. The van der Waals surface area contributed by atoms with Gasteiger partial charge in [-0.15, -0.1) is 0 Å². The minimum atomic E-state index is -4.67. The van der Waals surface area contributed by atoms with Crippen LogP contribution >= 0.6 is 0 Å². The summed E-state index contributed by atoms with van der Waals surface area (Å²) in [6.45, 7) is 0.566. The van der Waals surface area contributed by atoms with Crippen molar-refractivity contribution in [2.75, 3.05) is 6.61 Å². The monoisotopic (exact) mass is 346 g/mol. The highest BCUT2D eigenvalue weighted by atomic mass is 19.4. The van der Waals surface area contributed by atoms with E-state index in [0.717, 1.165) is 12.8 Å². The number of hydrogen-bond acceptors (Lipinski definition) is 4. The van der Waals surface area contributed by atoms with E-state index in [1.807, 2.05) is 0 Å². The number of ether oxygens (including phenoxy) is 1. The minimum absolute atomic E-state index is 0.154. The zero-order valence-electron chi connectivity index (χ0n) is 12.7. The lowest BCUT2D eigenvalue weighted by atomic mass is 9.92. The van der Waals surface area contributed by atoms with Crippen molar-refractivity contribution in [3.05, 3.63) is 17.5 Å². The highest BCUT2D eigenvalue weighted by Gasteiger charge is 2.40. The van der Waals surface area contributed by atoms with E-state index < -0.39 is 35.4 Å². The van der Waals surface area contributed by atoms with Crippen molar-refractivity contribution in [2.45, 2.75) is 50.0 Å². The highest BCUT2D eigenvalue weighted by molar-refractivity contribution is 5.94. The first kappa shape index (κ1) is 16.7. The number of piperidine rings is 1. The molecule has 3 atom stereocenters. The second-order valence-electron chi connectivity index (χ2n) is 5.92. The smallest absolute Gasteiger partial charge is 0.376 e. The van der Waals surface area contributed by atoms with Crippen LogP contribution in [0.4, 0.5) is 13.2 Å². The molecule has 2 saturated heterocycles. The number of alkyl halides is 3. The zero-order valence-corrected chi connectivity index (χ0v) is 12.7. The Morgan fingerprint density at radius 3 is 2.83 bits per heavy atom. The van der Waals surface area contributed by atoms with Gasteiger partial charge < -0.3 is 15.4 Å². The molecule has 0 radical (unpaired) electrons. The number of nitrogens with zero attached hydrogens (tertiary/aromatic N) is 1. The van der Waals surface area contributed by atoms with E-state index in [1.165, 1.54) is 0 Å². The molecule has 1 aromatic heterocycles. The Labute approximate surface area is 135 Å². The molecule has 132 valence electrons. The summed E-state index contributed by atoms with van der Waals surface area (Å²) in [7, 11) is 0. The van der Waals surface area contributed by atoms with Gasteiger partial charge in [-0.3, -0.25) is 14.7 Å². The number of carbonyl (C=O) groups excluding carboxylic acids is 2. The van der Waals surface area contributed by atoms with Crippen LogP contribution in [-0.4, -0.2) is 46.8 Å². The van der Waals surface area contributed by atoms with E-state index in [-0.39, 0.29) is 18.4 Å². The van der Waals surface area contributed by atoms with E-state index in [2.05, 4.69) is 20.8 Å². The highest BCUT2D eigenvalue weighted by Crippen LogP contribution is 2.31. The Balaban J connectivity index is 1.75. The maximum Gasteiger partial charge on any atom is 0.420 e. The molecule has 2 fully saturated rings. The van der Waals surface area contributed by atoms with Crippen molar-refractivity contribution in [1.29, 1.82) is 0 Å². The molecule has 10 heteroatoms. The molecule has 0 aromatic carbocycles. The minimum Gasteiger partial charge on any atom is -0.376 e. The van der Waals surface area contributed by atoms with Crippen LogP contribution in [0.2, 0.25) is 0 Å². The topological polar surface area (TPSA) is 96.1 Å². The average molecular weight is 346 g/mol. The molecule has 0 spiro atoms. The molecule has 1 unspecified atom stereocenters. The number of aromatic amines is 1. The molecule has 24 heavy (non-hydrogen) atoms. The van der Waals surface area contributed by atoms with Crippen molar-refractivity contribution < 1.29 is 27.5 Å². The lowest BCUT2D eigenvalue weighted by Gasteiger charge is -2.36. The van der Waals surface area contributed by atoms with Crippen LogP contribution in [0.15, 0.2) is 6.20 Å². The summed E-state index contributed by atoms with van der Waals surface area (Å²) >= 11 is 0. The van der Waals surface area contributed by atoms with Crippen LogP contribution in [0.3, 0.4) is 0 Å². The summed E-state index contributed by atoms with van der Waals surface area (Å²) in [5, 5.41) is 10.8. The molecule has 0 saturated carbocycles. The van der Waals surface area contributed by atoms with E-state index in [4.69, 9.17) is 4.74 Å². The van der Waals surface area contributed by atoms with Gasteiger partial charge in [-0.05, 0) is 19.3 Å². The molecule has 3 N–H and O–H groups in total. The van der Waals surface area contributed by atoms with Crippen LogP contribution in [0, 0.1) is 0 Å². The Kier molecular flexibility index (Phi) is 4.48. The Bertz CT molecular complexity index is 625. The third-order valence-electron chi connectivity index (χ3n) is 4.30. The molecular formula is C14H17F3N4O3. The van der Waals surface area contributed by atoms with Gasteiger partial charge in [-0.25, -0.2) is 0 Å². The molecule has 2 aliphatic rings. The third kappa shape index (κ3) is 3.37. The number of aromatic nitrogens is 2. The lowest BCUT2D eigenvalue weighted by Crippen LogP contribution is -2.60. The summed E-state index contributed by atoms with van der Waals surface area (Å²) in [6, 6.07) is -0.947. The van der Waals surface area contributed by atoms with E-state index >= 15 is 0 Å². The summed E-state index contributed by atoms with van der Waals surface area (Å²) < 4.78 is 44.2. The fraction of sp³-hybridized carbons (Fsp3) is 0.643. The molecule has 3 heterocycles. The predicted octanol–water partition coefficient (Wildman–Crippen LogP) is 0.984. The number of amides is 2. The molecular weight excluding hydrogens is 329 g/mol. The van der Waals surface area contributed by atoms with Crippen molar-refractivity contribution in [2.24, 2.45) is 0 Å². The zero-order chi connectivity index (χ0) is 17.3. The number of carbonyl (C=O) groups is 2. The van der Waals surface area contributed by atoms with Gasteiger partial charge in [0.1, 0.15) is 11.3 Å². The van der Waals surface area contributed by atoms with Gasteiger partial charge in [0.2, 0.25) is 5.91 Å². The first-order valence-corrected chi connectivity index (χ1v) is 7.68. The third-order valence-corrected chi connectivity index (χ3v) is 4.30. The van der Waals surface area contributed by atoms with Crippen molar-refractivity contribution in [1.82, 2.24) is 20.8 Å². The van der Waals surface area contributed by atoms with Crippen LogP contribution < -0.4 is 10.6 Å². The largest absolute Gasteiger partial charge is 0.420 e. The summed E-state index contributed by atoms with van der Waals surface area (Å²) in [4.78, 5) is 23.9. The first-order chi connectivity index (χ1) is 11.4. The van der Waals surface area contributed by atoms with Crippen LogP contribution in [-0.2, 0) is 15.7 Å². The van der Waals surface area contributed by atoms with E-state index in [9.17, 15) is 22.8 Å². The fourth-order valence-electron chi connectivity index (χ4n) is 3.14. The number of hydrogen-bond donors (Lipinski definition) is 3. The lowest BCUT2D eigenvalue weighted by molar-refractivity contribution is -0.137. The summed E-state index contributed by atoms with van der Waals surface area (Å²) in [6.07, 6.45) is -2.22. The van der Waals surface area contributed by atoms with E-state index in [0.29, 0.717) is 19.2 Å². The quantitative estimate of drug-likeness (QED) is 0.760. The van der Waals surface area contributed by atoms with Gasteiger partial charge in [-0.2, -0.15) is 18.3 Å². The maximum atomic E-state index is 12.9. The fourth-order valence-corrected chi connectivity index (χ4v) is 3.14. The van der Waals surface area contributed by atoms with Gasteiger partial charge in [0.15, 0.2) is 0 Å². The Morgan fingerprint density at radius 2 is 2.17 bits per heavy atom. The number of H-pyrrole nitrogens is 1. The summed E-state index contributed by atoms with van der Waals surface area (Å²) in [5.41, 5.74) is -1.75. The average Bonchev–Trinajstić information content (AvgIpc) is 3.19. The molecule has 1 aromatic rings. The Morgan fingerprint density at radius 1 is 1.38 bits per heavy atom. The van der Waals surface area contributed by atoms with Gasteiger partial charge in [0.25, 0.3) is 5.91 Å². The van der Waals surface area contributed by atoms with Crippen molar-refractivity contribution in [3.8, 4) is 0 Å². The predicted molar refractivity (Wildman–Crippen MR) is 75.0 cm³/mol. The normalized spacial score (nSPS) is 27.8. The SMILES string of the molecule is O=C1CC[C@H](NC(=O)c2[nH]ncc2C(F)(F)F)[C@@H](C2CCCO2)N1. The molecule has 7 nitrogen and oxygen atoms in total. The van der Waals surface area contributed by atoms with Crippen LogP contribution in [0.1, 0.15) is 41.7 Å². The summed E-state index contributed by atoms with van der Waals surface area (Å²) in [5.74, 6) is -1.05. The molecule has 0 bridgehead atoms. The molecule has 3 rings (SSSR count). The first-order valence-electron chi connectivity index (χ1n) is 7.68. The second-order valence-corrected chi connectivity index (χ2v) is 5.92. The number of nitrogens with one attached hydrogen (secondary N) is 3.